The van der Waals surface area contributed by atoms with E-state index in [9.17, 15) is 0 Å². The van der Waals surface area contributed by atoms with E-state index in [1.807, 2.05) is 36.4 Å². The molecular formula is C78H53N5. The molecule has 1 aliphatic rings. The Bertz CT molecular complexity index is 4920. The topological polar surface area (TPSA) is 46.8 Å². The van der Waals surface area contributed by atoms with Crippen LogP contribution in [-0.2, 0) is 5.41 Å². The molecule has 390 valence electrons. The Balaban J connectivity index is 0.905. The van der Waals surface area contributed by atoms with Gasteiger partial charge in [0.2, 0.25) is 5.95 Å². The van der Waals surface area contributed by atoms with Crippen LogP contribution in [-0.4, -0.2) is 19.5 Å². The fourth-order valence-corrected chi connectivity index (χ4v) is 13.2. The minimum atomic E-state index is -0.303. The van der Waals surface area contributed by atoms with Crippen LogP contribution in [0.3, 0.4) is 0 Å². The number of fused-ring (bicyclic) bond motifs is 13. The smallest absolute Gasteiger partial charge is 0.238 e. The van der Waals surface area contributed by atoms with Crippen molar-refractivity contribution in [3.63, 3.8) is 0 Å². The first-order chi connectivity index (χ1) is 40.9. The molecule has 0 spiro atoms. The van der Waals surface area contributed by atoms with Crippen LogP contribution < -0.4 is 4.90 Å². The summed E-state index contributed by atoms with van der Waals surface area (Å²) in [5, 5.41) is 9.88. The van der Waals surface area contributed by atoms with Crippen molar-refractivity contribution < 1.29 is 0 Å². The van der Waals surface area contributed by atoms with Crippen molar-refractivity contribution in [1.82, 2.24) is 19.5 Å². The van der Waals surface area contributed by atoms with E-state index < -0.39 is 0 Å². The van der Waals surface area contributed by atoms with Crippen LogP contribution in [0, 0.1) is 0 Å². The molecule has 0 saturated heterocycles. The van der Waals surface area contributed by atoms with Gasteiger partial charge in [-0.2, -0.15) is 9.97 Å². The third kappa shape index (κ3) is 7.88. The van der Waals surface area contributed by atoms with Crippen LogP contribution in [0.4, 0.5) is 17.1 Å². The van der Waals surface area contributed by atoms with E-state index in [-0.39, 0.29) is 5.41 Å². The SMILES string of the molecule is CC1(C)c2cc3c4cc(-c5ccc(N(c6ccc(-c7ccccc7)cc6)c6ccccc6-c6ccccc6)cc5)ccc4n(-c4nc(-c5ccccc5)nc(-c5ccccc5)n4)c3cc2-c2c1ccc1c3ccccc3c3ccccc3c21. The molecule has 0 bridgehead atoms. The molecule has 0 aliphatic heterocycles. The van der Waals surface area contributed by atoms with E-state index in [4.69, 9.17) is 15.0 Å². The van der Waals surface area contributed by atoms with Crippen LogP contribution in [0.1, 0.15) is 25.0 Å². The maximum Gasteiger partial charge on any atom is 0.238 e. The highest BCUT2D eigenvalue weighted by molar-refractivity contribution is 6.29. The van der Waals surface area contributed by atoms with Crippen molar-refractivity contribution in [2.75, 3.05) is 4.90 Å². The highest BCUT2D eigenvalue weighted by Crippen LogP contribution is 2.55. The molecule has 83 heavy (non-hydrogen) atoms. The maximum absolute atomic E-state index is 5.40. The zero-order chi connectivity index (χ0) is 55.2. The molecule has 2 aromatic heterocycles. The van der Waals surface area contributed by atoms with Gasteiger partial charge in [-0.3, -0.25) is 4.57 Å². The zero-order valence-corrected chi connectivity index (χ0v) is 45.9. The van der Waals surface area contributed by atoms with Gasteiger partial charge >= 0.3 is 0 Å². The van der Waals surface area contributed by atoms with Gasteiger partial charge in [0.1, 0.15) is 0 Å². The number of hydrogen-bond acceptors (Lipinski definition) is 4. The summed E-state index contributed by atoms with van der Waals surface area (Å²) in [6.07, 6.45) is 0. The summed E-state index contributed by atoms with van der Waals surface area (Å²) >= 11 is 0. The third-order valence-electron chi connectivity index (χ3n) is 17.2. The summed E-state index contributed by atoms with van der Waals surface area (Å²) in [6, 6.07) is 103. The molecule has 0 radical (unpaired) electrons. The number of rotatable bonds is 9. The lowest BCUT2D eigenvalue weighted by Crippen LogP contribution is -2.14. The number of nitrogens with zero attached hydrogens (tertiary/aromatic N) is 5. The summed E-state index contributed by atoms with van der Waals surface area (Å²) in [5.74, 6) is 1.80. The van der Waals surface area contributed by atoms with E-state index in [1.165, 1.54) is 65.7 Å². The second-order valence-corrected chi connectivity index (χ2v) is 22.3. The van der Waals surface area contributed by atoms with E-state index >= 15 is 0 Å². The number of para-hydroxylation sites is 1. The van der Waals surface area contributed by atoms with Crippen molar-refractivity contribution in [2.24, 2.45) is 0 Å². The van der Waals surface area contributed by atoms with E-state index in [2.05, 4.69) is 272 Å². The Labute approximate surface area is 481 Å². The average Bonchev–Trinajstić information content (AvgIpc) is 1.78. The molecule has 5 nitrogen and oxygen atoms in total. The Hall–Kier alpha value is -10.8. The molecule has 0 fully saturated rings. The standard InChI is InChI=1S/C78H53N5/c1-78(2)68-45-44-64-62-32-16-15-30-60(62)61-31-17-18-33-63(61)73(64)74(68)67-49-72-66(48-69(67)78)65-47-56(39-46-71(65)83(72)77-80-75(54-25-11-5-12-26-54)79-76(81-77)55-27-13-6-14-28-55)52-37-42-58(43-38-52)82(57-40-35-51(36-41-57)50-21-7-3-8-22-50)70-34-20-19-29-59(70)53-23-9-4-10-24-53/h3-49H,1-2H3. The normalized spacial score (nSPS) is 12.6. The van der Waals surface area contributed by atoms with Gasteiger partial charge < -0.3 is 4.90 Å². The van der Waals surface area contributed by atoms with Gasteiger partial charge in [-0.1, -0.05) is 244 Å². The Kier molecular flexibility index (Phi) is 11.2. The minimum absolute atomic E-state index is 0.303. The maximum atomic E-state index is 5.40. The molecule has 1 aliphatic carbocycles. The first-order valence-corrected chi connectivity index (χ1v) is 28.5. The fraction of sp³-hybridized carbons (Fsp3) is 0.0385. The van der Waals surface area contributed by atoms with Gasteiger partial charge in [0.15, 0.2) is 11.6 Å². The molecule has 0 N–H and O–H groups in total. The van der Waals surface area contributed by atoms with Crippen LogP contribution in [0.25, 0.3) is 127 Å². The molecule has 16 rings (SSSR count). The third-order valence-corrected chi connectivity index (χ3v) is 17.2. The minimum Gasteiger partial charge on any atom is -0.310 e. The fourth-order valence-electron chi connectivity index (χ4n) is 13.2. The van der Waals surface area contributed by atoms with E-state index in [0.29, 0.717) is 17.6 Å². The van der Waals surface area contributed by atoms with Gasteiger partial charge in [0, 0.05) is 44.3 Å². The molecular weight excluding hydrogens is 1010 g/mol. The Morgan fingerprint density at radius 3 is 1.37 bits per heavy atom. The van der Waals surface area contributed by atoms with Gasteiger partial charge in [-0.25, -0.2) is 4.98 Å². The average molecular weight is 1060 g/mol. The Morgan fingerprint density at radius 1 is 0.313 bits per heavy atom. The quantitative estimate of drug-likeness (QED) is 0.135. The first-order valence-electron chi connectivity index (χ1n) is 28.5. The second kappa shape index (κ2) is 19.2. The predicted molar refractivity (Wildman–Crippen MR) is 346 cm³/mol. The van der Waals surface area contributed by atoms with Crippen molar-refractivity contribution in [3.8, 4) is 73.2 Å². The summed E-state index contributed by atoms with van der Waals surface area (Å²) in [5.41, 5.74) is 18.9. The van der Waals surface area contributed by atoms with Crippen molar-refractivity contribution in [2.45, 2.75) is 19.3 Å². The Morgan fingerprint density at radius 2 is 0.771 bits per heavy atom. The largest absolute Gasteiger partial charge is 0.310 e. The highest BCUT2D eigenvalue weighted by atomic mass is 15.2. The highest BCUT2D eigenvalue weighted by Gasteiger charge is 2.38. The monoisotopic (exact) mass is 1060 g/mol. The zero-order valence-electron chi connectivity index (χ0n) is 45.9. The summed E-state index contributed by atoms with van der Waals surface area (Å²) in [7, 11) is 0. The van der Waals surface area contributed by atoms with Crippen molar-refractivity contribution in [1.29, 1.82) is 0 Å². The molecule has 15 aromatic rings. The lowest BCUT2D eigenvalue weighted by atomic mass is 9.81. The summed E-state index contributed by atoms with van der Waals surface area (Å²) in [6.45, 7) is 4.79. The molecule has 0 atom stereocenters. The second-order valence-electron chi connectivity index (χ2n) is 22.3. The van der Waals surface area contributed by atoms with Crippen LogP contribution in [0.2, 0.25) is 0 Å². The van der Waals surface area contributed by atoms with Gasteiger partial charge in [-0.05, 0) is 137 Å². The van der Waals surface area contributed by atoms with Gasteiger partial charge in [0.05, 0.1) is 16.7 Å². The van der Waals surface area contributed by atoms with Crippen LogP contribution in [0.15, 0.2) is 285 Å². The van der Waals surface area contributed by atoms with Crippen molar-refractivity contribution in [3.05, 3.63) is 296 Å². The molecule has 13 aromatic carbocycles. The molecule has 2 heterocycles. The molecule has 5 heteroatoms. The van der Waals surface area contributed by atoms with Crippen LogP contribution in [0.5, 0.6) is 0 Å². The van der Waals surface area contributed by atoms with Gasteiger partial charge in [-0.15, -0.1) is 0 Å². The summed E-state index contributed by atoms with van der Waals surface area (Å²) < 4.78 is 2.28. The van der Waals surface area contributed by atoms with Crippen molar-refractivity contribution >= 4 is 71.2 Å². The van der Waals surface area contributed by atoms with E-state index in [1.54, 1.807) is 0 Å². The predicted octanol–water partition coefficient (Wildman–Crippen LogP) is 20.5. The van der Waals surface area contributed by atoms with Gasteiger partial charge in [0.25, 0.3) is 0 Å². The molecule has 0 saturated carbocycles. The summed E-state index contributed by atoms with van der Waals surface area (Å²) in [4.78, 5) is 18.3. The number of anilines is 3. The lowest BCUT2D eigenvalue weighted by Gasteiger charge is -2.28. The van der Waals surface area contributed by atoms with Crippen LogP contribution >= 0.6 is 0 Å². The molecule has 0 amide bonds. The number of aromatic nitrogens is 4. The lowest BCUT2D eigenvalue weighted by molar-refractivity contribution is 0.661. The van der Waals surface area contributed by atoms with E-state index in [0.717, 1.165) is 72.2 Å². The molecule has 0 unspecified atom stereocenters. The number of hydrogen-bond donors (Lipinski definition) is 0. The first kappa shape index (κ1) is 48.2. The number of benzene rings is 13.